The van der Waals surface area contributed by atoms with Gasteiger partial charge in [0.2, 0.25) is 0 Å². The summed E-state index contributed by atoms with van der Waals surface area (Å²) in [4.78, 5) is 0. The van der Waals surface area contributed by atoms with Crippen LogP contribution in [0.2, 0.25) is 0 Å². The molecule has 0 aliphatic carbocycles. The van der Waals surface area contributed by atoms with Crippen LogP contribution in [0.15, 0.2) is 0 Å². The predicted octanol–water partition coefficient (Wildman–Crippen LogP) is -1.04. The Morgan fingerprint density at radius 3 is 1.00 bits per heavy atom. The van der Waals surface area contributed by atoms with Gasteiger partial charge in [-0.1, -0.05) is 0 Å². The van der Waals surface area contributed by atoms with Crippen LogP contribution in [0.5, 0.6) is 0 Å². The summed E-state index contributed by atoms with van der Waals surface area (Å²) in [5, 5.41) is 0. The van der Waals surface area contributed by atoms with E-state index in [2.05, 4.69) is 0 Å². The summed E-state index contributed by atoms with van der Waals surface area (Å²) in [5.41, 5.74) is 0. The van der Waals surface area contributed by atoms with Gasteiger partial charge in [0, 0.05) is 35.6 Å². The first-order valence-corrected chi connectivity index (χ1v) is 0. The molecule has 4 heavy (non-hydrogen) atoms. The third kappa shape index (κ3) is 8.87. The molecule has 2 radical (unpaired) electrons. The van der Waals surface area contributed by atoms with Gasteiger partial charge in [0.25, 0.3) is 0 Å². The van der Waals surface area contributed by atoms with Gasteiger partial charge in [-0.05, 0) is 0 Å². The molecule has 0 unspecified atom stereocenters. The minimum absolute atomic E-state index is 0. The molecule has 0 atom stereocenters. The van der Waals surface area contributed by atoms with E-state index in [9.17, 15) is 0 Å². The van der Waals surface area contributed by atoms with Crippen LogP contribution < -0.4 is 0 Å². The van der Waals surface area contributed by atoms with E-state index in [1.54, 1.807) is 0 Å². The predicted molar refractivity (Wildman–Crippen MR) is 9.23 cm³/mol. The van der Waals surface area contributed by atoms with E-state index in [4.69, 9.17) is 0 Å². The van der Waals surface area contributed by atoms with Gasteiger partial charge in [-0.15, -0.1) is 0 Å². The molecule has 0 bridgehead atoms. The van der Waals surface area contributed by atoms with Crippen LogP contribution in [0, 0.1) is 35.6 Å². The Morgan fingerprint density at radius 1 is 1.00 bits per heavy atom. The van der Waals surface area contributed by atoms with Gasteiger partial charge in [-0.2, -0.15) is 0 Å². The van der Waals surface area contributed by atoms with Crippen molar-refractivity contribution < 1.29 is 58.1 Å². The maximum absolute atomic E-state index is 0. The molecule has 0 aromatic carbocycles. The van der Waals surface area contributed by atoms with Gasteiger partial charge in [-0.3, -0.25) is 0 Å². The van der Waals surface area contributed by atoms with E-state index in [0.29, 0.717) is 0 Å². The minimum atomic E-state index is 0. The molecule has 0 saturated heterocycles. The molecule has 0 aromatic heterocycles. The molecule has 4 heteroatoms. The maximum atomic E-state index is 0. The molecular weight excluding hydrogens is 250 g/mol. The monoisotopic (exact) mass is 252 g/mol. The first kappa shape index (κ1) is 28.4. The standard InChI is InChI=1S/Ca.La.Mn.O.2H/q;;+2;-2;;. The van der Waals surface area contributed by atoms with Gasteiger partial charge in [0.1, 0.15) is 0 Å². The average molecular weight is 252 g/mol. The quantitative estimate of drug-likeness (QED) is 0.493. The van der Waals surface area contributed by atoms with Gasteiger partial charge < -0.3 is 5.48 Å². The zero-order chi connectivity index (χ0) is 0. The number of rotatable bonds is 0. The first-order valence-electron chi connectivity index (χ1n) is 0. The Kier molecular flexibility index (Phi) is 119. The van der Waals surface area contributed by atoms with Crippen LogP contribution >= 0.6 is 0 Å². The van der Waals surface area contributed by atoms with Gasteiger partial charge in [0.05, 0.1) is 0 Å². The Balaban J connectivity index is 0. The summed E-state index contributed by atoms with van der Waals surface area (Å²) in [6.07, 6.45) is 0. The van der Waals surface area contributed by atoms with Crippen molar-refractivity contribution in [3.63, 3.8) is 0 Å². The third-order valence-corrected chi connectivity index (χ3v) is 0. The van der Waals surface area contributed by atoms with Gasteiger partial charge >= 0.3 is 54.8 Å². The zero-order valence-corrected chi connectivity index (χ0v) is 6.17. The van der Waals surface area contributed by atoms with Crippen LogP contribution in [0.4, 0.5) is 0 Å². The summed E-state index contributed by atoms with van der Waals surface area (Å²) in [5.74, 6) is 0. The van der Waals surface area contributed by atoms with Crippen molar-refractivity contribution >= 4 is 37.7 Å². The molecule has 0 fully saturated rings. The molecule has 0 N–H and O–H groups in total. The van der Waals surface area contributed by atoms with Crippen LogP contribution in [0.1, 0.15) is 0 Å². The van der Waals surface area contributed by atoms with Crippen molar-refractivity contribution in [1.29, 1.82) is 0 Å². The summed E-state index contributed by atoms with van der Waals surface area (Å²) in [6.45, 7) is 0. The van der Waals surface area contributed by atoms with E-state index in [-0.39, 0.29) is 95.9 Å². The largest absolute Gasteiger partial charge is 2.00 e. The van der Waals surface area contributed by atoms with E-state index in [1.807, 2.05) is 0 Å². The summed E-state index contributed by atoms with van der Waals surface area (Å²) in [7, 11) is 0. The molecule has 0 aliphatic rings. The third-order valence-electron chi connectivity index (χ3n) is 0. The molecule has 0 saturated carbocycles. The number of hydrogen-bond acceptors (Lipinski definition) is 0. The zero-order valence-electron chi connectivity index (χ0n) is 1.36. The van der Waals surface area contributed by atoms with Crippen LogP contribution in [0.25, 0.3) is 0 Å². The molecule has 0 spiro atoms. The van der Waals surface area contributed by atoms with E-state index in [0.717, 1.165) is 0 Å². The Hall–Kier alpha value is 2.93. The van der Waals surface area contributed by atoms with Gasteiger partial charge in [0.15, 0.2) is 0 Å². The van der Waals surface area contributed by atoms with Crippen LogP contribution in [-0.2, 0) is 22.5 Å². The van der Waals surface area contributed by atoms with Crippen molar-refractivity contribution in [2.75, 3.05) is 0 Å². The topological polar surface area (TPSA) is 28.5 Å². The molecule has 0 aliphatic heterocycles. The maximum Gasteiger partial charge on any atom is 2.00 e. The first-order chi connectivity index (χ1) is 0. The van der Waals surface area contributed by atoms with Crippen molar-refractivity contribution in [1.82, 2.24) is 0 Å². The van der Waals surface area contributed by atoms with E-state index >= 15 is 0 Å². The van der Waals surface area contributed by atoms with Crippen molar-refractivity contribution in [3.8, 4) is 0 Å². The molecule has 20 valence electrons. The van der Waals surface area contributed by atoms with Crippen molar-refractivity contribution in [2.45, 2.75) is 0 Å². The fourth-order valence-corrected chi connectivity index (χ4v) is 0. The molecule has 0 heterocycles. The second kappa shape index (κ2) is 16.8. The molecule has 0 amide bonds. The van der Waals surface area contributed by atoms with Crippen LogP contribution in [-0.4, -0.2) is 37.7 Å². The second-order valence-electron chi connectivity index (χ2n) is 0. The summed E-state index contributed by atoms with van der Waals surface area (Å²) < 4.78 is 0. The van der Waals surface area contributed by atoms with E-state index < -0.39 is 0 Å². The average Bonchev–Trinajstić information content (AvgIpc) is 0. The Labute approximate surface area is 93.7 Å². The SMILES string of the molecule is [CaH2].[La].[Mn+2].[O-2]. The smallest absolute Gasteiger partial charge is 2.00 e. The van der Waals surface area contributed by atoms with Crippen LogP contribution in [0.3, 0.4) is 0 Å². The molecular formula is H2CaLaMnO. The van der Waals surface area contributed by atoms with E-state index in [1.165, 1.54) is 0 Å². The Morgan fingerprint density at radius 2 is 1.00 bits per heavy atom. The normalized spacial score (nSPS) is 0. The Bertz CT molecular complexity index is 8.00. The number of hydrogen-bond donors (Lipinski definition) is 0. The van der Waals surface area contributed by atoms with Gasteiger partial charge in [-0.25, -0.2) is 0 Å². The minimum Gasteiger partial charge on any atom is -2.00 e. The molecule has 0 rings (SSSR count). The molecule has 1 nitrogen and oxygen atoms in total. The summed E-state index contributed by atoms with van der Waals surface area (Å²) >= 11 is 0. The fraction of sp³-hybridized carbons (Fsp3) is 0. The summed E-state index contributed by atoms with van der Waals surface area (Å²) in [6, 6.07) is 0. The fourth-order valence-electron chi connectivity index (χ4n) is 0. The second-order valence-corrected chi connectivity index (χ2v) is 0. The van der Waals surface area contributed by atoms with Crippen molar-refractivity contribution in [2.24, 2.45) is 0 Å². The molecule has 0 aromatic rings. The van der Waals surface area contributed by atoms with Crippen molar-refractivity contribution in [3.05, 3.63) is 0 Å².